The Balaban J connectivity index is 1.59. The SMILES string of the molecule is Cc1cc(C(=O)Nc2ccc(-c3cnc(C)[nH]3)cc2)n(-c2cccc(C(=N)N)c2)n1. The fourth-order valence-corrected chi connectivity index (χ4v) is 3.16. The van der Waals surface area contributed by atoms with Gasteiger partial charge in [0.1, 0.15) is 17.4 Å². The number of anilines is 1. The number of rotatable bonds is 5. The molecule has 0 fully saturated rings. The minimum atomic E-state index is -0.283. The van der Waals surface area contributed by atoms with E-state index in [2.05, 4.69) is 20.4 Å². The molecule has 4 rings (SSSR count). The summed E-state index contributed by atoms with van der Waals surface area (Å²) in [5.41, 5.74) is 10.5. The average molecular weight is 399 g/mol. The molecule has 0 spiro atoms. The number of nitrogen functional groups attached to an aromatic ring is 1. The zero-order valence-corrected chi connectivity index (χ0v) is 16.6. The molecule has 4 aromatic rings. The number of carbonyl (C=O) groups is 1. The number of hydrogen-bond donors (Lipinski definition) is 4. The zero-order chi connectivity index (χ0) is 21.3. The summed E-state index contributed by atoms with van der Waals surface area (Å²) in [6.45, 7) is 3.72. The normalized spacial score (nSPS) is 10.7. The highest BCUT2D eigenvalue weighted by molar-refractivity contribution is 6.03. The van der Waals surface area contributed by atoms with Crippen molar-refractivity contribution in [3.05, 3.63) is 83.6 Å². The number of benzene rings is 2. The topological polar surface area (TPSA) is 125 Å². The molecule has 2 heterocycles. The molecular weight excluding hydrogens is 378 g/mol. The van der Waals surface area contributed by atoms with Crippen LogP contribution in [0.25, 0.3) is 16.9 Å². The number of aryl methyl sites for hydroxylation is 2. The lowest BCUT2D eigenvalue weighted by Crippen LogP contribution is -2.17. The smallest absolute Gasteiger partial charge is 0.274 e. The van der Waals surface area contributed by atoms with Crippen molar-refractivity contribution in [2.45, 2.75) is 13.8 Å². The summed E-state index contributed by atoms with van der Waals surface area (Å²) in [5.74, 6) is 0.521. The number of aromatic amines is 1. The molecule has 0 saturated heterocycles. The van der Waals surface area contributed by atoms with Crippen molar-refractivity contribution in [3.63, 3.8) is 0 Å². The summed E-state index contributed by atoms with van der Waals surface area (Å²) in [6, 6.07) is 16.3. The van der Waals surface area contributed by atoms with Gasteiger partial charge in [0.2, 0.25) is 0 Å². The van der Waals surface area contributed by atoms with Gasteiger partial charge in [-0.15, -0.1) is 0 Å². The van der Waals surface area contributed by atoms with Crippen LogP contribution in [0.3, 0.4) is 0 Å². The Hall–Kier alpha value is -4.20. The van der Waals surface area contributed by atoms with E-state index < -0.39 is 0 Å². The molecule has 150 valence electrons. The van der Waals surface area contributed by atoms with Crippen molar-refractivity contribution >= 4 is 17.4 Å². The van der Waals surface area contributed by atoms with Crippen LogP contribution in [0, 0.1) is 19.3 Å². The molecule has 2 aromatic carbocycles. The molecule has 0 aliphatic carbocycles. The molecule has 0 bridgehead atoms. The third kappa shape index (κ3) is 3.83. The lowest BCUT2D eigenvalue weighted by Gasteiger charge is -2.10. The molecule has 30 heavy (non-hydrogen) atoms. The second-order valence-corrected chi connectivity index (χ2v) is 6.96. The number of amidine groups is 1. The van der Waals surface area contributed by atoms with Gasteiger partial charge in [0.15, 0.2) is 0 Å². The number of nitrogens with zero attached hydrogens (tertiary/aromatic N) is 3. The Morgan fingerprint density at radius 2 is 1.90 bits per heavy atom. The molecule has 2 aromatic heterocycles. The van der Waals surface area contributed by atoms with Crippen LogP contribution in [0.4, 0.5) is 5.69 Å². The van der Waals surface area contributed by atoms with E-state index in [4.69, 9.17) is 11.1 Å². The molecule has 1 amide bonds. The predicted octanol–water partition coefficient (Wildman–Crippen LogP) is 3.42. The Morgan fingerprint density at radius 3 is 2.57 bits per heavy atom. The van der Waals surface area contributed by atoms with Crippen LogP contribution in [-0.2, 0) is 0 Å². The molecular formula is C22H21N7O. The first kappa shape index (κ1) is 19.1. The largest absolute Gasteiger partial charge is 0.384 e. The number of nitrogens with two attached hydrogens (primary N) is 1. The monoisotopic (exact) mass is 399 g/mol. The van der Waals surface area contributed by atoms with E-state index in [1.807, 2.05) is 44.2 Å². The summed E-state index contributed by atoms with van der Waals surface area (Å²) in [6.07, 6.45) is 1.78. The Bertz CT molecular complexity index is 1230. The minimum Gasteiger partial charge on any atom is -0.384 e. The Morgan fingerprint density at radius 1 is 1.13 bits per heavy atom. The maximum absolute atomic E-state index is 12.9. The van der Waals surface area contributed by atoms with Crippen molar-refractivity contribution in [2.24, 2.45) is 5.73 Å². The van der Waals surface area contributed by atoms with Gasteiger partial charge in [-0.1, -0.05) is 24.3 Å². The lowest BCUT2D eigenvalue weighted by atomic mass is 10.1. The number of H-pyrrole nitrogens is 1. The van der Waals surface area contributed by atoms with Crippen molar-refractivity contribution in [2.75, 3.05) is 5.32 Å². The number of aromatic nitrogens is 4. The third-order valence-electron chi connectivity index (χ3n) is 4.62. The number of imidazole rings is 1. The van der Waals surface area contributed by atoms with Gasteiger partial charge in [0, 0.05) is 11.3 Å². The molecule has 0 aliphatic rings. The van der Waals surface area contributed by atoms with Crippen LogP contribution in [0.5, 0.6) is 0 Å². The van der Waals surface area contributed by atoms with E-state index in [1.165, 1.54) is 0 Å². The summed E-state index contributed by atoms with van der Waals surface area (Å²) >= 11 is 0. The van der Waals surface area contributed by atoms with Crippen LogP contribution in [0.15, 0.2) is 60.8 Å². The zero-order valence-electron chi connectivity index (χ0n) is 16.6. The van der Waals surface area contributed by atoms with Gasteiger partial charge in [-0.3, -0.25) is 10.2 Å². The lowest BCUT2D eigenvalue weighted by molar-refractivity contribution is 0.101. The molecule has 0 unspecified atom stereocenters. The predicted molar refractivity (Wildman–Crippen MR) is 116 cm³/mol. The second kappa shape index (κ2) is 7.67. The first-order valence-corrected chi connectivity index (χ1v) is 9.35. The van der Waals surface area contributed by atoms with Gasteiger partial charge < -0.3 is 16.0 Å². The quantitative estimate of drug-likeness (QED) is 0.303. The van der Waals surface area contributed by atoms with E-state index in [9.17, 15) is 4.79 Å². The highest BCUT2D eigenvalue weighted by Crippen LogP contribution is 2.21. The molecule has 0 atom stereocenters. The third-order valence-corrected chi connectivity index (χ3v) is 4.62. The van der Waals surface area contributed by atoms with Crippen LogP contribution < -0.4 is 11.1 Å². The van der Waals surface area contributed by atoms with Gasteiger partial charge in [-0.05, 0) is 49.7 Å². The first-order valence-electron chi connectivity index (χ1n) is 9.35. The van der Waals surface area contributed by atoms with E-state index >= 15 is 0 Å². The highest BCUT2D eigenvalue weighted by atomic mass is 16.2. The molecule has 0 radical (unpaired) electrons. The molecule has 0 aliphatic heterocycles. The van der Waals surface area contributed by atoms with Crippen LogP contribution >= 0.6 is 0 Å². The molecule has 0 saturated carbocycles. The maximum atomic E-state index is 12.9. The standard InChI is InChI=1S/C22H21N7O/c1-13-10-20(29(28-13)18-5-3-4-16(11-18)21(23)24)22(30)27-17-8-6-15(7-9-17)19-12-25-14(2)26-19/h3-12H,1-2H3,(H3,23,24)(H,25,26)(H,27,30). The van der Waals surface area contributed by atoms with E-state index in [1.54, 1.807) is 35.1 Å². The first-order chi connectivity index (χ1) is 14.4. The fraction of sp³-hybridized carbons (Fsp3) is 0.0909. The average Bonchev–Trinajstić information content (AvgIpc) is 3.34. The number of amides is 1. The highest BCUT2D eigenvalue weighted by Gasteiger charge is 2.16. The molecule has 8 nitrogen and oxygen atoms in total. The van der Waals surface area contributed by atoms with E-state index in [-0.39, 0.29) is 11.7 Å². The van der Waals surface area contributed by atoms with Gasteiger partial charge in [0.25, 0.3) is 5.91 Å². The summed E-state index contributed by atoms with van der Waals surface area (Å²) in [7, 11) is 0. The van der Waals surface area contributed by atoms with E-state index in [0.29, 0.717) is 28.3 Å². The van der Waals surface area contributed by atoms with Crippen LogP contribution in [0.2, 0.25) is 0 Å². The number of hydrogen-bond acceptors (Lipinski definition) is 4. The minimum absolute atomic E-state index is 0.0423. The second-order valence-electron chi connectivity index (χ2n) is 6.96. The fourth-order valence-electron chi connectivity index (χ4n) is 3.16. The van der Waals surface area contributed by atoms with Crippen molar-refractivity contribution in [3.8, 4) is 16.9 Å². The van der Waals surface area contributed by atoms with Gasteiger partial charge in [-0.2, -0.15) is 5.10 Å². The Kier molecular flexibility index (Phi) is 4.89. The van der Waals surface area contributed by atoms with Gasteiger partial charge >= 0.3 is 0 Å². The molecule has 5 N–H and O–H groups in total. The van der Waals surface area contributed by atoms with Crippen LogP contribution in [0.1, 0.15) is 27.6 Å². The van der Waals surface area contributed by atoms with Gasteiger partial charge in [-0.25, -0.2) is 9.67 Å². The van der Waals surface area contributed by atoms with Crippen LogP contribution in [-0.4, -0.2) is 31.5 Å². The summed E-state index contributed by atoms with van der Waals surface area (Å²) in [4.78, 5) is 20.3. The summed E-state index contributed by atoms with van der Waals surface area (Å²) < 4.78 is 1.55. The molecule has 8 heteroatoms. The number of nitrogens with one attached hydrogen (secondary N) is 3. The Labute approximate surface area is 173 Å². The van der Waals surface area contributed by atoms with Crippen molar-refractivity contribution < 1.29 is 4.79 Å². The summed E-state index contributed by atoms with van der Waals surface area (Å²) in [5, 5.41) is 15.0. The maximum Gasteiger partial charge on any atom is 0.274 e. The van der Waals surface area contributed by atoms with E-state index in [0.717, 1.165) is 17.1 Å². The number of carbonyl (C=O) groups excluding carboxylic acids is 1. The van der Waals surface area contributed by atoms with Crippen molar-refractivity contribution in [1.82, 2.24) is 19.7 Å². The van der Waals surface area contributed by atoms with Gasteiger partial charge in [0.05, 0.1) is 23.3 Å². The van der Waals surface area contributed by atoms with Crippen molar-refractivity contribution in [1.29, 1.82) is 5.41 Å².